The molecule has 0 aromatic carbocycles. The molecular formula is C18H27N7O2. The Balaban J connectivity index is 1.50. The molecule has 2 aromatic rings. The number of hydrogen-bond donors (Lipinski definition) is 2. The molecule has 1 aliphatic rings. The predicted molar refractivity (Wildman–Crippen MR) is 98.6 cm³/mol. The first kappa shape index (κ1) is 19.1. The number of carbonyl (C=O) groups is 2. The van der Waals surface area contributed by atoms with Gasteiger partial charge in [-0.25, -0.2) is 0 Å². The van der Waals surface area contributed by atoms with Crippen LogP contribution in [0.5, 0.6) is 0 Å². The molecule has 0 saturated carbocycles. The maximum atomic E-state index is 12.6. The van der Waals surface area contributed by atoms with E-state index in [1.54, 1.807) is 17.1 Å². The number of aromatic amines is 1. The molecule has 9 nitrogen and oxygen atoms in total. The number of likely N-dealkylation sites (tertiary alicyclic amines) is 1. The highest BCUT2D eigenvalue weighted by molar-refractivity contribution is 5.78. The monoisotopic (exact) mass is 373 g/mol. The Kier molecular flexibility index (Phi) is 6.20. The summed E-state index contributed by atoms with van der Waals surface area (Å²) < 4.78 is 1.78. The van der Waals surface area contributed by atoms with Gasteiger partial charge in [0.25, 0.3) is 0 Å². The summed E-state index contributed by atoms with van der Waals surface area (Å²) in [6.45, 7) is 4.71. The fourth-order valence-electron chi connectivity index (χ4n) is 3.58. The van der Waals surface area contributed by atoms with Crippen LogP contribution >= 0.6 is 0 Å². The van der Waals surface area contributed by atoms with Crippen LogP contribution in [-0.2, 0) is 16.0 Å². The van der Waals surface area contributed by atoms with Crippen molar-refractivity contribution in [1.82, 2.24) is 35.4 Å². The smallest absolute Gasteiger partial charge is 0.223 e. The zero-order chi connectivity index (χ0) is 19.2. The number of aromatic nitrogens is 5. The minimum atomic E-state index is -0.0212. The number of piperidine rings is 1. The second kappa shape index (κ2) is 8.79. The van der Waals surface area contributed by atoms with Crippen LogP contribution in [0.3, 0.4) is 0 Å². The van der Waals surface area contributed by atoms with E-state index in [9.17, 15) is 9.59 Å². The lowest BCUT2D eigenvalue weighted by molar-refractivity contribution is -0.136. The lowest BCUT2D eigenvalue weighted by atomic mass is 9.96. The summed E-state index contributed by atoms with van der Waals surface area (Å²) >= 11 is 0. The number of H-pyrrole nitrogens is 1. The van der Waals surface area contributed by atoms with E-state index in [-0.39, 0.29) is 29.9 Å². The molecule has 1 fully saturated rings. The van der Waals surface area contributed by atoms with Crippen molar-refractivity contribution in [2.75, 3.05) is 6.54 Å². The number of hydrogen-bond acceptors (Lipinski definition) is 5. The van der Waals surface area contributed by atoms with Crippen molar-refractivity contribution in [1.29, 1.82) is 0 Å². The maximum Gasteiger partial charge on any atom is 0.223 e. The molecule has 2 aromatic heterocycles. The number of carbonyl (C=O) groups excluding carboxylic acids is 2. The minimum absolute atomic E-state index is 0.000841. The van der Waals surface area contributed by atoms with E-state index >= 15 is 0 Å². The van der Waals surface area contributed by atoms with Crippen LogP contribution in [0.25, 0.3) is 0 Å². The van der Waals surface area contributed by atoms with E-state index in [0.717, 1.165) is 25.1 Å². The number of rotatable bonds is 7. The molecule has 0 aliphatic carbocycles. The van der Waals surface area contributed by atoms with Gasteiger partial charge in [0.15, 0.2) is 0 Å². The van der Waals surface area contributed by atoms with Crippen LogP contribution in [0.2, 0.25) is 0 Å². The summed E-state index contributed by atoms with van der Waals surface area (Å²) in [5, 5.41) is 17.6. The van der Waals surface area contributed by atoms with Crippen LogP contribution < -0.4 is 5.32 Å². The molecular weight excluding hydrogens is 346 g/mol. The average molecular weight is 373 g/mol. The van der Waals surface area contributed by atoms with Gasteiger partial charge in [-0.1, -0.05) is 0 Å². The highest BCUT2D eigenvalue weighted by Crippen LogP contribution is 2.20. The number of amides is 2. The van der Waals surface area contributed by atoms with Gasteiger partial charge < -0.3 is 10.2 Å². The van der Waals surface area contributed by atoms with E-state index in [2.05, 4.69) is 25.8 Å². The van der Waals surface area contributed by atoms with Crippen molar-refractivity contribution in [2.45, 2.75) is 64.1 Å². The van der Waals surface area contributed by atoms with Gasteiger partial charge in [-0.05, 0) is 32.8 Å². The number of aryl methyl sites for hydroxylation is 1. The molecule has 0 bridgehead atoms. The lowest BCUT2D eigenvalue weighted by Crippen LogP contribution is -2.55. The Hall–Kier alpha value is -2.71. The van der Waals surface area contributed by atoms with Crippen LogP contribution in [0.15, 0.2) is 24.7 Å². The first-order valence-electron chi connectivity index (χ1n) is 9.47. The molecule has 0 spiro atoms. The fraction of sp³-hybridized carbons (Fsp3) is 0.611. The summed E-state index contributed by atoms with van der Waals surface area (Å²) in [5.41, 5.74) is 0.783. The third kappa shape index (κ3) is 4.93. The zero-order valence-corrected chi connectivity index (χ0v) is 15.8. The average Bonchev–Trinajstić information content (AvgIpc) is 3.35. The first-order chi connectivity index (χ1) is 13.0. The molecule has 2 N–H and O–H groups in total. The van der Waals surface area contributed by atoms with Crippen molar-refractivity contribution < 1.29 is 9.59 Å². The first-order valence-corrected chi connectivity index (χ1v) is 9.47. The highest BCUT2D eigenvalue weighted by Gasteiger charge is 2.32. The molecule has 1 unspecified atom stereocenters. The molecule has 3 rings (SSSR count). The van der Waals surface area contributed by atoms with Gasteiger partial charge in [0.1, 0.15) is 0 Å². The van der Waals surface area contributed by atoms with Crippen LogP contribution in [0.4, 0.5) is 0 Å². The van der Waals surface area contributed by atoms with Crippen LogP contribution in [0, 0.1) is 0 Å². The van der Waals surface area contributed by atoms with Gasteiger partial charge in [-0.2, -0.15) is 20.5 Å². The second-order valence-electron chi connectivity index (χ2n) is 7.14. The Labute approximate surface area is 158 Å². The Bertz CT molecular complexity index is 729. The van der Waals surface area contributed by atoms with Gasteiger partial charge in [0.2, 0.25) is 11.8 Å². The van der Waals surface area contributed by atoms with Gasteiger partial charge >= 0.3 is 0 Å². The standard InChI is InChI=1S/C18H27N7O2/c1-13(25-10-4-8-20-25)11-17(26)21-16-5-3-9-24(14(16)2)18(27)7-6-15-12-19-23-22-15/h4,8,10,12-14,16H,3,5-7,9,11H2,1-2H3,(H,21,26)(H,19,22,23)/t13?,14-,16-/m1/s1. The summed E-state index contributed by atoms with van der Waals surface area (Å²) in [7, 11) is 0. The van der Waals surface area contributed by atoms with E-state index in [0.29, 0.717) is 19.3 Å². The molecule has 3 heterocycles. The zero-order valence-electron chi connectivity index (χ0n) is 15.8. The predicted octanol–water partition coefficient (Wildman–Crippen LogP) is 1.08. The summed E-state index contributed by atoms with van der Waals surface area (Å²) in [5.74, 6) is 0.0844. The van der Waals surface area contributed by atoms with E-state index in [4.69, 9.17) is 0 Å². The van der Waals surface area contributed by atoms with Crippen LogP contribution in [0.1, 0.15) is 51.3 Å². The Morgan fingerprint density at radius 3 is 3.00 bits per heavy atom. The maximum absolute atomic E-state index is 12.6. The van der Waals surface area contributed by atoms with Gasteiger partial charge in [-0.15, -0.1) is 0 Å². The van der Waals surface area contributed by atoms with E-state index < -0.39 is 0 Å². The fourth-order valence-corrected chi connectivity index (χ4v) is 3.58. The third-order valence-electron chi connectivity index (χ3n) is 5.17. The topological polar surface area (TPSA) is 109 Å². The quantitative estimate of drug-likeness (QED) is 0.755. The molecule has 0 radical (unpaired) electrons. The molecule has 146 valence electrons. The molecule has 27 heavy (non-hydrogen) atoms. The molecule has 9 heteroatoms. The van der Waals surface area contributed by atoms with Crippen LogP contribution in [-0.4, -0.2) is 60.5 Å². The normalized spacial score (nSPS) is 21.0. The van der Waals surface area contributed by atoms with Crippen molar-refractivity contribution in [2.24, 2.45) is 0 Å². The second-order valence-corrected chi connectivity index (χ2v) is 7.14. The molecule has 3 atom stereocenters. The third-order valence-corrected chi connectivity index (χ3v) is 5.17. The van der Waals surface area contributed by atoms with Gasteiger partial charge in [0.05, 0.1) is 17.9 Å². The largest absolute Gasteiger partial charge is 0.351 e. The van der Waals surface area contributed by atoms with Gasteiger partial charge in [0, 0.05) is 50.3 Å². The van der Waals surface area contributed by atoms with Crippen molar-refractivity contribution in [3.05, 3.63) is 30.4 Å². The minimum Gasteiger partial charge on any atom is -0.351 e. The molecule has 1 saturated heterocycles. The summed E-state index contributed by atoms with van der Waals surface area (Å²) in [6.07, 6.45) is 8.30. The van der Waals surface area contributed by atoms with Crippen molar-refractivity contribution in [3.8, 4) is 0 Å². The number of nitrogens with zero attached hydrogens (tertiary/aromatic N) is 5. The lowest BCUT2D eigenvalue weighted by Gasteiger charge is -2.40. The Morgan fingerprint density at radius 1 is 1.44 bits per heavy atom. The number of nitrogens with one attached hydrogen (secondary N) is 2. The SMILES string of the molecule is CC(CC(=O)N[C@@H]1CCCN(C(=O)CCc2cn[nH]n2)[C@@H]1C)n1cccn1. The van der Waals surface area contributed by atoms with E-state index in [1.807, 2.05) is 31.0 Å². The molecule has 2 amide bonds. The van der Waals surface area contributed by atoms with Crippen molar-refractivity contribution >= 4 is 11.8 Å². The van der Waals surface area contributed by atoms with Crippen molar-refractivity contribution in [3.63, 3.8) is 0 Å². The van der Waals surface area contributed by atoms with E-state index in [1.165, 1.54) is 0 Å². The summed E-state index contributed by atoms with van der Waals surface area (Å²) in [6, 6.07) is 1.80. The molecule has 1 aliphatic heterocycles. The highest BCUT2D eigenvalue weighted by atomic mass is 16.2. The summed E-state index contributed by atoms with van der Waals surface area (Å²) in [4.78, 5) is 26.9. The van der Waals surface area contributed by atoms with Gasteiger partial charge in [-0.3, -0.25) is 14.3 Å². The Morgan fingerprint density at radius 2 is 2.30 bits per heavy atom.